The predicted octanol–water partition coefficient (Wildman–Crippen LogP) is 2.74. The van der Waals surface area contributed by atoms with E-state index in [1.165, 1.54) is 19.4 Å². The molecule has 4 heteroatoms. The molecule has 1 aliphatic rings. The second-order valence-electron chi connectivity index (χ2n) is 4.22. The molecule has 2 rings (SSSR count). The summed E-state index contributed by atoms with van der Waals surface area (Å²) in [6.45, 7) is 5.73. The molecule has 1 aromatic rings. The monoisotopic (exact) mass is 283 g/mol. The van der Waals surface area contributed by atoms with Crippen LogP contribution in [0.1, 0.15) is 19.8 Å². The fraction of sp³-hybridized carbons (Fsp3) is 0.583. The van der Waals surface area contributed by atoms with Crippen LogP contribution in [0.5, 0.6) is 0 Å². The fourth-order valence-corrected chi connectivity index (χ4v) is 2.50. The van der Waals surface area contributed by atoms with Crippen LogP contribution in [0.2, 0.25) is 0 Å². The van der Waals surface area contributed by atoms with E-state index in [0.29, 0.717) is 6.04 Å². The van der Waals surface area contributed by atoms with Crippen molar-refractivity contribution in [3.05, 3.63) is 22.8 Å². The average Bonchev–Trinajstić information content (AvgIpc) is 2.29. The lowest BCUT2D eigenvalue weighted by atomic mass is 10.1. The highest BCUT2D eigenvalue weighted by molar-refractivity contribution is 9.10. The Morgan fingerprint density at radius 2 is 2.44 bits per heavy atom. The number of nitrogens with one attached hydrogen (secondary N) is 1. The largest absolute Gasteiger partial charge is 0.366 e. The van der Waals surface area contributed by atoms with Gasteiger partial charge in [0.1, 0.15) is 10.4 Å². The average molecular weight is 284 g/mol. The second kappa shape index (κ2) is 5.64. The number of piperidine rings is 1. The number of nitrogens with zero attached hydrogens (tertiary/aromatic N) is 2. The van der Waals surface area contributed by atoms with E-state index in [1.807, 2.05) is 18.2 Å². The molecule has 1 N–H and O–H groups in total. The Morgan fingerprint density at radius 3 is 3.19 bits per heavy atom. The minimum absolute atomic E-state index is 0.537. The molecule has 0 radical (unpaired) electrons. The van der Waals surface area contributed by atoms with Crippen molar-refractivity contribution in [3.8, 4) is 0 Å². The lowest BCUT2D eigenvalue weighted by Gasteiger charge is -2.32. The Kier molecular flexibility index (Phi) is 4.18. The van der Waals surface area contributed by atoms with Gasteiger partial charge >= 0.3 is 0 Å². The van der Waals surface area contributed by atoms with E-state index in [0.717, 1.165) is 23.5 Å². The summed E-state index contributed by atoms with van der Waals surface area (Å²) in [5.41, 5.74) is 0. The summed E-state index contributed by atoms with van der Waals surface area (Å²) in [5, 5.41) is 3.50. The summed E-state index contributed by atoms with van der Waals surface area (Å²) < 4.78 is 0.889. The molecule has 1 atom stereocenters. The molecule has 0 spiro atoms. The van der Waals surface area contributed by atoms with Crippen LogP contribution in [-0.4, -0.2) is 35.6 Å². The molecule has 1 aromatic heterocycles. The SMILES string of the molecule is CCN1CCCC(Nc2cccc(Br)n2)C1. The van der Waals surface area contributed by atoms with Gasteiger partial charge in [-0.15, -0.1) is 0 Å². The summed E-state index contributed by atoms with van der Waals surface area (Å²) in [7, 11) is 0. The zero-order valence-electron chi connectivity index (χ0n) is 9.62. The first-order valence-corrected chi connectivity index (χ1v) is 6.68. The maximum atomic E-state index is 4.41. The van der Waals surface area contributed by atoms with Gasteiger partial charge in [-0.2, -0.15) is 0 Å². The van der Waals surface area contributed by atoms with Gasteiger partial charge in [-0.3, -0.25) is 0 Å². The van der Waals surface area contributed by atoms with Crippen LogP contribution in [0.25, 0.3) is 0 Å². The third-order valence-electron chi connectivity index (χ3n) is 3.02. The first kappa shape index (κ1) is 11.9. The topological polar surface area (TPSA) is 28.2 Å². The first-order chi connectivity index (χ1) is 7.78. The molecule has 0 bridgehead atoms. The van der Waals surface area contributed by atoms with Gasteiger partial charge in [0, 0.05) is 12.6 Å². The van der Waals surface area contributed by atoms with Gasteiger partial charge in [-0.25, -0.2) is 4.98 Å². The number of pyridine rings is 1. The molecule has 1 aliphatic heterocycles. The molecule has 16 heavy (non-hydrogen) atoms. The minimum atomic E-state index is 0.537. The van der Waals surface area contributed by atoms with Crippen molar-refractivity contribution in [1.29, 1.82) is 0 Å². The second-order valence-corrected chi connectivity index (χ2v) is 5.03. The van der Waals surface area contributed by atoms with Crippen LogP contribution in [0.3, 0.4) is 0 Å². The third-order valence-corrected chi connectivity index (χ3v) is 3.46. The maximum absolute atomic E-state index is 4.41. The standard InChI is InChI=1S/C12H18BrN3/c1-2-16-8-4-5-10(9-16)14-12-7-3-6-11(13)15-12/h3,6-7,10H,2,4-5,8-9H2,1H3,(H,14,15). The summed E-state index contributed by atoms with van der Waals surface area (Å²) >= 11 is 3.39. The lowest BCUT2D eigenvalue weighted by Crippen LogP contribution is -2.41. The molecular weight excluding hydrogens is 266 g/mol. The molecule has 0 amide bonds. The van der Waals surface area contributed by atoms with Crippen molar-refractivity contribution < 1.29 is 0 Å². The zero-order valence-corrected chi connectivity index (χ0v) is 11.2. The van der Waals surface area contributed by atoms with E-state index in [2.05, 4.69) is 38.1 Å². The van der Waals surface area contributed by atoms with Crippen molar-refractivity contribution in [1.82, 2.24) is 9.88 Å². The van der Waals surface area contributed by atoms with E-state index >= 15 is 0 Å². The van der Waals surface area contributed by atoms with Crippen molar-refractivity contribution in [2.75, 3.05) is 25.0 Å². The highest BCUT2D eigenvalue weighted by Gasteiger charge is 2.18. The summed E-state index contributed by atoms with van der Waals surface area (Å²) in [5.74, 6) is 0.970. The van der Waals surface area contributed by atoms with Gasteiger partial charge in [-0.1, -0.05) is 13.0 Å². The molecule has 0 aliphatic carbocycles. The van der Waals surface area contributed by atoms with Crippen molar-refractivity contribution >= 4 is 21.7 Å². The van der Waals surface area contributed by atoms with E-state index in [1.54, 1.807) is 0 Å². The molecule has 0 saturated carbocycles. The Labute approximate surface area is 105 Å². The van der Waals surface area contributed by atoms with Crippen molar-refractivity contribution in [3.63, 3.8) is 0 Å². The minimum Gasteiger partial charge on any atom is -0.366 e. The number of aromatic nitrogens is 1. The first-order valence-electron chi connectivity index (χ1n) is 5.89. The van der Waals surface area contributed by atoms with E-state index in [4.69, 9.17) is 0 Å². The van der Waals surface area contributed by atoms with Crippen molar-refractivity contribution in [2.24, 2.45) is 0 Å². The lowest BCUT2D eigenvalue weighted by molar-refractivity contribution is 0.226. The number of hydrogen-bond donors (Lipinski definition) is 1. The Morgan fingerprint density at radius 1 is 1.56 bits per heavy atom. The van der Waals surface area contributed by atoms with Gasteiger partial charge in [0.2, 0.25) is 0 Å². The van der Waals surface area contributed by atoms with E-state index < -0.39 is 0 Å². The molecule has 1 unspecified atom stereocenters. The normalized spacial score (nSPS) is 22.0. The van der Waals surface area contributed by atoms with Gasteiger partial charge in [-0.05, 0) is 54.0 Å². The predicted molar refractivity (Wildman–Crippen MR) is 70.7 cm³/mol. The summed E-state index contributed by atoms with van der Waals surface area (Å²) in [6, 6.07) is 6.52. The maximum Gasteiger partial charge on any atom is 0.127 e. The van der Waals surface area contributed by atoms with Crippen LogP contribution < -0.4 is 5.32 Å². The number of halogens is 1. The van der Waals surface area contributed by atoms with Crippen LogP contribution in [-0.2, 0) is 0 Å². The smallest absolute Gasteiger partial charge is 0.127 e. The van der Waals surface area contributed by atoms with Crippen molar-refractivity contribution in [2.45, 2.75) is 25.8 Å². The Hall–Kier alpha value is -0.610. The highest BCUT2D eigenvalue weighted by Crippen LogP contribution is 2.16. The van der Waals surface area contributed by atoms with Crippen LogP contribution >= 0.6 is 15.9 Å². The summed E-state index contributed by atoms with van der Waals surface area (Å²) in [6.07, 6.45) is 2.52. The molecule has 88 valence electrons. The quantitative estimate of drug-likeness (QED) is 0.865. The summed E-state index contributed by atoms with van der Waals surface area (Å²) in [4.78, 5) is 6.89. The van der Waals surface area contributed by atoms with Gasteiger partial charge in [0.15, 0.2) is 0 Å². The van der Waals surface area contributed by atoms with Gasteiger partial charge in [0.05, 0.1) is 0 Å². The molecule has 2 heterocycles. The van der Waals surface area contributed by atoms with Crippen LogP contribution in [0.15, 0.2) is 22.8 Å². The number of hydrogen-bond acceptors (Lipinski definition) is 3. The van der Waals surface area contributed by atoms with Gasteiger partial charge < -0.3 is 10.2 Å². The number of rotatable bonds is 3. The zero-order chi connectivity index (χ0) is 11.4. The van der Waals surface area contributed by atoms with Gasteiger partial charge in [0.25, 0.3) is 0 Å². The number of anilines is 1. The van der Waals surface area contributed by atoms with Crippen LogP contribution in [0, 0.1) is 0 Å². The molecule has 0 aromatic carbocycles. The number of likely N-dealkylation sites (N-methyl/N-ethyl adjacent to an activating group) is 1. The molecular formula is C12H18BrN3. The van der Waals surface area contributed by atoms with Crippen LogP contribution in [0.4, 0.5) is 5.82 Å². The third kappa shape index (κ3) is 3.19. The Balaban J connectivity index is 1.94. The Bertz CT molecular complexity index is 343. The molecule has 1 saturated heterocycles. The molecule has 1 fully saturated rings. The van der Waals surface area contributed by atoms with E-state index in [9.17, 15) is 0 Å². The fourth-order valence-electron chi connectivity index (χ4n) is 2.16. The highest BCUT2D eigenvalue weighted by atomic mass is 79.9. The number of likely N-dealkylation sites (tertiary alicyclic amines) is 1. The van der Waals surface area contributed by atoms with E-state index in [-0.39, 0.29) is 0 Å². The molecule has 3 nitrogen and oxygen atoms in total.